The van der Waals surface area contributed by atoms with Gasteiger partial charge in [-0.3, -0.25) is 4.79 Å². The highest BCUT2D eigenvalue weighted by Crippen LogP contribution is 2.33. The molecule has 2 heterocycles. The normalized spacial score (nSPS) is 18.8. The van der Waals surface area contributed by atoms with Gasteiger partial charge in [0.05, 0.1) is 5.69 Å². The highest BCUT2D eigenvalue weighted by atomic mass is 32.2. The molecule has 21 heavy (non-hydrogen) atoms. The van der Waals surface area contributed by atoms with E-state index in [9.17, 15) is 4.79 Å². The summed E-state index contributed by atoms with van der Waals surface area (Å²) in [7, 11) is 0. The Morgan fingerprint density at radius 3 is 2.76 bits per heavy atom. The van der Waals surface area contributed by atoms with Crippen LogP contribution in [0, 0.1) is 13.8 Å². The zero-order valence-corrected chi connectivity index (χ0v) is 13.0. The highest BCUT2D eigenvalue weighted by molar-refractivity contribution is 7.99. The molecule has 0 bridgehead atoms. The van der Waals surface area contributed by atoms with Crippen LogP contribution in [0.1, 0.15) is 33.0 Å². The Bertz CT molecular complexity index is 639. The van der Waals surface area contributed by atoms with Crippen LogP contribution in [0.5, 0.6) is 0 Å². The number of hydrogen-bond acceptors (Lipinski definition) is 4. The summed E-state index contributed by atoms with van der Waals surface area (Å²) in [5.41, 5.74) is 1.94. The lowest BCUT2D eigenvalue weighted by Gasteiger charge is -2.32. The van der Waals surface area contributed by atoms with Gasteiger partial charge in [-0.25, -0.2) is 4.98 Å². The van der Waals surface area contributed by atoms with E-state index in [0.717, 1.165) is 12.3 Å². The molecule has 0 aliphatic carbocycles. The van der Waals surface area contributed by atoms with Crippen molar-refractivity contribution in [2.45, 2.75) is 19.1 Å². The maximum absolute atomic E-state index is 12.6. The minimum atomic E-state index is -0.0469. The Morgan fingerprint density at radius 2 is 2.10 bits per heavy atom. The van der Waals surface area contributed by atoms with Gasteiger partial charge in [0.25, 0.3) is 5.91 Å². The van der Waals surface area contributed by atoms with Crippen molar-refractivity contribution in [3.05, 3.63) is 53.2 Å². The third kappa shape index (κ3) is 2.97. The van der Waals surface area contributed by atoms with Crippen LogP contribution < -0.4 is 0 Å². The number of hydrogen-bond donors (Lipinski definition) is 0. The Kier molecular flexibility index (Phi) is 4.01. The molecule has 0 N–H and O–H groups in total. The molecule has 0 radical (unpaired) electrons. The van der Waals surface area contributed by atoms with Crippen LogP contribution in [-0.2, 0) is 0 Å². The molecule has 1 saturated heterocycles. The summed E-state index contributed by atoms with van der Waals surface area (Å²) in [5, 5.41) is 0.327. The summed E-state index contributed by atoms with van der Waals surface area (Å²) >= 11 is 1.90. The van der Waals surface area contributed by atoms with Crippen molar-refractivity contribution in [1.29, 1.82) is 0 Å². The van der Waals surface area contributed by atoms with Crippen LogP contribution in [0.4, 0.5) is 0 Å². The van der Waals surface area contributed by atoms with Gasteiger partial charge in [-0.1, -0.05) is 30.3 Å². The van der Waals surface area contributed by atoms with E-state index in [2.05, 4.69) is 17.1 Å². The Labute approximate surface area is 128 Å². The summed E-state index contributed by atoms with van der Waals surface area (Å²) in [6.45, 7) is 5.05. The molecule has 1 aliphatic rings. The maximum atomic E-state index is 12.6. The maximum Gasteiger partial charge on any atom is 0.291 e. The summed E-state index contributed by atoms with van der Waals surface area (Å²) in [6, 6.07) is 10.3. The Morgan fingerprint density at radius 1 is 1.33 bits per heavy atom. The number of rotatable bonds is 2. The molecule has 4 nitrogen and oxygen atoms in total. The van der Waals surface area contributed by atoms with E-state index >= 15 is 0 Å². The SMILES string of the molecule is Cc1nc(C)c(C(=O)N2CCSC(c3ccccc3)C2)o1. The molecule has 1 aromatic heterocycles. The summed E-state index contributed by atoms with van der Waals surface area (Å²) in [4.78, 5) is 18.7. The monoisotopic (exact) mass is 302 g/mol. The van der Waals surface area contributed by atoms with Gasteiger partial charge in [0.15, 0.2) is 5.89 Å². The van der Waals surface area contributed by atoms with Crippen molar-refractivity contribution in [3.8, 4) is 0 Å². The number of oxazole rings is 1. The first-order valence-corrected chi connectivity index (χ1v) is 8.10. The van der Waals surface area contributed by atoms with E-state index in [1.54, 1.807) is 6.92 Å². The van der Waals surface area contributed by atoms with Crippen LogP contribution >= 0.6 is 11.8 Å². The third-order valence-corrected chi connectivity index (χ3v) is 4.86. The third-order valence-electron chi connectivity index (χ3n) is 3.62. The molecular weight excluding hydrogens is 284 g/mol. The number of aryl methyl sites for hydroxylation is 2. The van der Waals surface area contributed by atoms with E-state index in [4.69, 9.17) is 4.42 Å². The van der Waals surface area contributed by atoms with Crippen LogP contribution in [0.2, 0.25) is 0 Å². The number of nitrogens with zero attached hydrogens (tertiary/aromatic N) is 2. The zero-order chi connectivity index (χ0) is 14.8. The number of carbonyl (C=O) groups excluding carboxylic acids is 1. The van der Waals surface area contributed by atoms with Crippen molar-refractivity contribution >= 4 is 17.7 Å². The molecule has 1 amide bonds. The quantitative estimate of drug-likeness (QED) is 0.854. The highest BCUT2D eigenvalue weighted by Gasteiger charge is 2.28. The van der Waals surface area contributed by atoms with Gasteiger partial charge < -0.3 is 9.32 Å². The fourth-order valence-corrected chi connectivity index (χ4v) is 3.82. The minimum absolute atomic E-state index is 0.0469. The van der Waals surface area contributed by atoms with Crippen LogP contribution in [-0.4, -0.2) is 34.6 Å². The molecule has 3 rings (SSSR count). The molecular formula is C16H18N2O2S. The van der Waals surface area contributed by atoms with E-state index in [-0.39, 0.29) is 5.91 Å². The Balaban J connectivity index is 1.77. The average Bonchev–Trinajstić information content (AvgIpc) is 2.86. The number of amides is 1. The predicted molar refractivity (Wildman–Crippen MR) is 83.5 cm³/mol. The van der Waals surface area contributed by atoms with E-state index in [0.29, 0.717) is 29.1 Å². The van der Waals surface area contributed by atoms with Crippen molar-refractivity contribution in [2.24, 2.45) is 0 Å². The van der Waals surface area contributed by atoms with E-state index < -0.39 is 0 Å². The van der Waals surface area contributed by atoms with Crippen molar-refractivity contribution in [2.75, 3.05) is 18.8 Å². The number of aromatic nitrogens is 1. The van der Waals surface area contributed by atoms with Gasteiger partial charge in [0.2, 0.25) is 5.76 Å². The van der Waals surface area contributed by atoms with Gasteiger partial charge in [-0.15, -0.1) is 0 Å². The molecule has 2 aromatic rings. The second-order valence-electron chi connectivity index (χ2n) is 5.17. The lowest BCUT2D eigenvalue weighted by molar-refractivity contribution is 0.0727. The second kappa shape index (κ2) is 5.93. The summed E-state index contributed by atoms with van der Waals surface area (Å²) in [6.07, 6.45) is 0. The summed E-state index contributed by atoms with van der Waals surface area (Å²) in [5.74, 6) is 1.82. The smallest absolute Gasteiger partial charge is 0.291 e. The first-order valence-electron chi connectivity index (χ1n) is 7.05. The molecule has 0 spiro atoms. The molecule has 110 valence electrons. The fraction of sp³-hybridized carbons (Fsp3) is 0.375. The van der Waals surface area contributed by atoms with Crippen molar-refractivity contribution < 1.29 is 9.21 Å². The molecule has 1 unspecified atom stereocenters. The van der Waals surface area contributed by atoms with Crippen LogP contribution in [0.15, 0.2) is 34.7 Å². The molecule has 1 fully saturated rings. The first-order chi connectivity index (χ1) is 10.1. The van der Waals surface area contributed by atoms with Crippen LogP contribution in [0.3, 0.4) is 0 Å². The van der Waals surface area contributed by atoms with Crippen molar-refractivity contribution in [1.82, 2.24) is 9.88 Å². The number of benzene rings is 1. The number of carbonyl (C=O) groups is 1. The van der Waals surface area contributed by atoms with Gasteiger partial charge in [0.1, 0.15) is 0 Å². The summed E-state index contributed by atoms with van der Waals surface area (Å²) < 4.78 is 5.46. The van der Waals surface area contributed by atoms with Gasteiger partial charge >= 0.3 is 0 Å². The lowest BCUT2D eigenvalue weighted by atomic mass is 10.1. The minimum Gasteiger partial charge on any atom is -0.436 e. The standard InChI is InChI=1S/C16H18N2O2S/c1-11-15(20-12(2)17-11)16(19)18-8-9-21-14(10-18)13-6-4-3-5-7-13/h3-7,14H,8-10H2,1-2H3. The molecule has 1 aliphatic heterocycles. The van der Waals surface area contributed by atoms with Crippen LogP contribution in [0.25, 0.3) is 0 Å². The zero-order valence-electron chi connectivity index (χ0n) is 12.2. The lowest BCUT2D eigenvalue weighted by Crippen LogP contribution is -2.39. The van der Waals surface area contributed by atoms with E-state index in [1.165, 1.54) is 5.56 Å². The fourth-order valence-electron chi connectivity index (χ4n) is 2.58. The van der Waals surface area contributed by atoms with Gasteiger partial charge in [-0.2, -0.15) is 11.8 Å². The van der Waals surface area contributed by atoms with E-state index in [1.807, 2.05) is 41.8 Å². The molecule has 1 aromatic carbocycles. The average molecular weight is 302 g/mol. The number of thioether (sulfide) groups is 1. The first kappa shape index (κ1) is 14.2. The van der Waals surface area contributed by atoms with Gasteiger partial charge in [0, 0.05) is 31.0 Å². The molecule has 5 heteroatoms. The largest absolute Gasteiger partial charge is 0.436 e. The van der Waals surface area contributed by atoms with Gasteiger partial charge in [-0.05, 0) is 12.5 Å². The molecule has 1 atom stereocenters. The predicted octanol–water partition coefficient (Wildman–Crippen LogP) is 3.22. The second-order valence-corrected chi connectivity index (χ2v) is 6.48. The Hall–Kier alpha value is -1.75. The van der Waals surface area contributed by atoms with Crippen molar-refractivity contribution in [3.63, 3.8) is 0 Å². The topological polar surface area (TPSA) is 46.3 Å². The molecule has 0 saturated carbocycles.